The summed E-state index contributed by atoms with van der Waals surface area (Å²) >= 11 is 1.36. The van der Waals surface area contributed by atoms with Gasteiger partial charge in [0.05, 0.1) is 4.88 Å². The highest BCUT2D eigenvalue weighted by Gasteiger charge is 2.25. The fourth-order valence-corrected chi connectivity index (χ4v) is 4.56. The molecule has 0 spiro atoms. The first kappa shape index (κ1) is 21.8. The lowest BCUT2D eigenvalue weighted by Gasteiger charge is -2.22. The topological polar surface area (TPSA) is 74.0 Å². The Labute approximate surface area is 191 Å². The van der Waals surface area contributed by atoms with Crippen molar-refractivity contribution in [3.8, 4) is 0 Å². The Morgan fingerprint density at radius 1 is 0.938 bits per heavy atom. The number of benzene rings is 2. The van der Waals surface area contributed by atoms with E-state index >= 15 is 0 Å². The van der Waals surface area contributed by atoms with E-state index in [0.29, 0.717) is 11.3 Å². The molecule has 0 aliphatic carbocycles. The Hall–Kier alpha value is -3.38. The molecule has 2 atom stereocenters. The van der Waals surface area contributed by atoms with Crippen LogP contribution in [0.2, 0.25) is 0 Å². The first-order valence-corrected chi connectivity index (χ1v) is 11.6. The van der Waals surface area contributed by atoms with Crippen molar-refractivity contribution in [3.05, 3.63) is 93.8 Å². The van der Waals surface area contributed by atoms with Crippen molar-refractivity contribution in [2.24, 2.45) is 0 Å². The summed E-state index contributed by atoms with van der Waals surface area (Å²) in [5, 5.41) is 8.97. The molecule has 4 aromatic rings. The summed E-state index contributed by atoms with van der Waals surface area (Å²) in [6, 6.07) is 19.0. The monoisotopic (exact) mass is 445 g/mol. The minimum Gasteiger partial charge on any atom is -0.361 e. The lowest BCUT2D eigenvalue weighted by Crippen LogP contribution is -2.50. The number of carbonyl (C=O) groups is 2. The number of aromatic amines is 1. The van der Waals surface area contributed by atoms with Gasteiger partial charge in [-0.15, -0.1) is 11.3 Å². The Bertz CT molecular complexity index is 1210. The van der Waals surface area contributed by atoms with Crippen LogP contribution in [-0.4, -0.2) is 28.9 Å². The lowest BCUT2D eigenvalue weighted by atomic mass is 10.0. The molecule has 0 aliphatic heterocycles. The van der Waals surface area contributed by atoms with Crippen LogP contribution in [-0.2, 0) is 17.6 Å². The maximum atomic E-state index is 13.3. The summed E-state index contributed by atoms with van der Waals surface area (Å²) in [6.45, 7) is 4.07. The van der Waals surface area contributed by atoms with E-state index < -0.39 is 6.04 Å². The molecule has 0 fully saturated rings. The molecular formula is C26H27N3O2S. The number of rotatable bonds is 8. The average Bonchev–Trinajstić information content (AvgIpc) is 3.45. The summed E-state index contributed by atoms with van der Waals surface area (Å²) in [6.07, 6.45) is 3.06. The second-order valence-electron chi connectivity index (χ2n) is 8.11. The molecule has 3 N–H and O–H groups in total. The molecule has 2 aromatic carbocycles. The number of carbonyl (C=O) groups excluding carboxylic acids is 2. The number of aromatic nitrogens is 1. The molecular weight excluding hydrogens is 418 g/mol. The number of H-pyrrole nitrogens is 1. The average molecular weight is 446 g/mol. The maximum absolute atomic E-state index is 13.3. The molecule has 5 nitrogen and oxygen atoms in total. The zero-order valence-corrected chi connectivity index (χ0v) is 19.0. The second kappa shape index (κ2) is 9.83. The Morgan fingerprint density at radius 2 is 1.72 bits per heavy atom. The van der Waals surface area contributed by atoms with Crippen molar-refractivity contribution in [1.29, 1.82) is 0 Å². The molecule has 0 bridgehead atoms. The van der Waals surface area contributed by atoms with Gasteiger partial charge < -0.3 is 15.6 Å². The van der Waals surface area contributed by atoms with Crippen molar-refractivity contribution < 1.29 is 9.59 Å². The zero-order chi connectivity index (χ0) is 22.5. The number of para-hydroxylation sites is 1. The van der Waals surface area contributed by atoms with Crippen LogP contribution < -0.4 is 10.6 Å². The normalized spacial score (nSPS) is 12.9. The molecule has 4 rings (SSSR count). The SMILES string of the molecule is Cc1ccccc1C[C@H](C)NC(=O)[C@H](Cc1c[nH]c2ccccc12)NC(=O)c1cccs1. The minimum absolute atomic E-state index is 0.0623. The van der Waals surface area contributed by atoms with E-state index in [9.17, 15) is 9.59 Å². The van der Waals surface area contributed by atoms with Gasteiger partial charge in [0, 0.05) is 29.6 Å². The van der Waals surface area contributed by atoms with E-state index in [2.05, 4.69) is 34.7 Å². The first-order valence-electron chi connectivity index (χ1n) is 10.8. The predicted octanol–water partition coefficient (Wildman–Crippen LogP) is 4.63. The number of nitrogens with one attached hydrogen (secondary N) is 3. The van der Waals surface area contributed by atoms with Gasteiger partial charge in [0.1, 0.15) is 6.04 Å². The number of hydrogen-bond donors (Lipinski definition) is 3. The Kier molecular flexibility index (Phi) is 6.71. The van der Waals surface area contributed by atoms with Crippen molar-refractivity contribution in [1.82, 2.24) is 15.6 Å². The number of fused-ring (bicyclic) bond motifs is 1. The van der Waals surface area contributed by atoms with Gasteiger partial charge in [-0.05, 0) is 54.5 Å². The molecule has 0 aliphatic rings. The lowest BCUT2D eigenvalue weighted by molar-refractivity contribution is -0.123. The largest absolute Gasteiger partial charge is 0.361 e. The van der Waals surface area contributed by atoms with Crippen LogP contribution in [0.4, 0.5) is 0 Å². The summed E-state index contributed by atoms with van der Waals surface area (Å²) in [5.74, 6) is -0.409. The number of amides is 2. The summed E-state index contributed by atoms with van der Waals surface area (Å²) < 4.78 is 0. The van der Waals surface area contributed by atoms with E-state index in [-0.39, 0.29) is 17.9 Å². The summed E-state index contributed by atoms with van der Waals surface area (Å²) in [7, 11) is 0. The molecule has 0 saturated carbocycles. The maximum Gasteiger partial charge on any atom is 0.262 e. The third-order valence-corrected chi connectivity index (χ3v) is 6.51. The first-order chi connectivity index (χ1) is 15.5. The predicted molar refractivity (Wildman–Crippen MR) is 130 cm³/mol. The van der Waals surface area contributed by atoms with Gasteiger partial charge >= 0.3 is 0 Å². The van der Waals surface area contributed by atoms with E-state index in [1.165, 1.54) is 22.5 Å². The van der Waals surface area contributed by atoms with Gasteiger partial charge in [-0.25, -0.2) is 0 Å². The van der Waals surface area contributed by atoms with Gasteiger partial charge in [-0.3, -0.25) is 9.59 Å². The van der Waals surface area contributed by atoms with Crippen LogP contribution in [0.15, 0.2) is 72.2 Å². The van der Waals surface area contributed by atoms with Crippen molar-refractivity contribution >= 4 is 34.1 Å². The highest BCUT2D eigenvalue weighted by molar-refractivity contribution is 7.12. The Morgan fingerprint density at radius 3 is 2.50 bits per heavy atom. The van der Waals surface area contributed by atoms with E-state index in [4.69, 9.17) is 0 Å². The number of hydrogen-bond acceptors (Lipinski definition) is 3. The highest BCUT2D eigenvalue weighted by Crippen LogP contribution is 2.20. The standard InChI is InChI=1S/C26H27N3O2S/c1-17-8-3-4-9-19(17)14-18(2)28-25(30)23(29-26(31)24-12-7-13-32-24)15-20-16-27-22-11-6-5-10-21(20)22/h3-13,16,18,23,27H,14-15H2,1-2H3,(H,28,30)(H,29,31)/t18-,23-/m0/s1. The van der Waals surface area contributed by atoms with Crippen LogP contribution in [0, 0.1) is 6.92 Å². The Balaban J connectivity index is 1.51. The fourth-order valence-electron chi connectivity index (χ4n) is 3.93. The van der Waals surface area contributed by atoms with E-state index in [1.54, 1.807) is 6.07 Å². The smallest absolute Gasteiger partial charge is 0.262 e. The molecule has 32 heavy (non-hydrogen) atoms. The second-order valence-corrected chi connectivity index (χ2v) is 9.05. The quantitative estimate of drug-likeness (QED) is 0.370. The van der Waals surface area contributed by atoms with Gasteiger partial charge in [0.2, 0.25) is 5.91 Å². The fraction of sp³-hybridized carbons (Fsp3) is 0.231. The van der Waals surface area contributed by atoms with Gasteiger partial charge in [-0.1, -0.05) is 48.5 Å². The summed E-state index contributed by atoms with van der Waals surface area (Å²) in [5.41, 5.74) is 4.42. The minimum atomic E-state index is -0.678. The molecule has 0 saturated heterocycles. The highest BCUT2D eigenvalue weighted by atomic mass is 32.1. The zero-order valence-electron chi connectivity index (χ0n) is 18.2. The third kappa shape index (κ3) is 5.08. The van der Waals surface area contributed by atoms with Crippen LogP contribution in [0.5, 0.6) is 0 Å². The molecule has 6 heteroatoms. The molecule has 0 unspecified atom stereocenters. The molecule has 2 heterocycles. The van der Waals surface area contributed by atoms with Crippen molar-refractivity contribution in [2.75, 3.05) is 0 Å². The van der Waals surface area contributed by atoms with Crippen molar-refractivity contribution in [3.63, 3.8) is 0 Å². The van der Waals surface area contributed by atoms with Gasteiger partial charge in [-0.2, -0.15) is 0 Å². The molecule has 0 radical (unpaired) electrons. The van der Waals surface area contributed by atoms with Crippen LogP contribution in [0.25, 0.3) is 10.9 Å². The number of thiophene rings is 1. The van der Waals surface area contributed by atoms with Crippen LogP contribution >= 0.6 is 11.3 Å². The van der Waals surface area contributed by atoms with Gasteiger partial charge in [0.25, 0.3) is 5.91 Å². The molecule has 164 valence electrons. The third-order valence-electron chi connectivity index (χ3n) is 5.64. The molecule has 2 amide bonds. The van der Waals surface area contributed by atoms with Crippen molar-refractivity contribution in [2.45, 2.75) is 38.8 Å². The van der Waals surface area contributed by atoms with E-state index in [0.717, 1.165) is 22.9 Å². The number of aryl methyl sites for hydroxylation is 1. The van der Waals surface area contributed by atoms with Crippen LogP contribution in [0.3, 0.4) is 0 Å². The van der Waals surface area contributed by atoms with E-state index in [1.807, 2.05) is 61.0 Å². The summed E-state index contributed by atoms with van der Waals surface area (Å²) in [4.78, 5) is 29.9. The van der Waals surface area contributed by atoms with Crippen LogP contribution in [0.1, 0.15) is 33.3 Å². The molecule has 2 aromatic heterocycles. The van der Waals surface area contributed by atoms with Gasteiger partial charge in [0.15, 0.2) is 0 Å².